The summed E-state index contributed by atoms with van der Waals surface area (Å²) in [6.45, 7) is 2.43. The minimum atomic E-state index is -0.424. The molecule has 1 N–H and O–H groups in total. The number of hydrogen-bond acceptors (Lipinski definition) is 3. The number of benzene rings is 2. The summed E-state index contributed by atoms with van der Waals surface area (Å²) in [5.74, 6) is 0.872. The van der Waals surface area contributed by atoms with Crippen molar-refractivity contribution in [3.8, 4) is 16.9 Å². The Labute approximate surface area is 158 Å². The first-order valence-corrected chi connectivity index (χ1v) is 9.08. The molecule has 0 spiro atoms. The highest BCUT2D eigenvalue weighted by Crippen LogP contribution is 2.25. The van der Waals surface area contributed by atoms with Crippen molar-refractivity contribution in [3.63, 3.8) is 0 Å². The molecule has 5 heteroatoms. The van der Waals surface area contributed by atoms with Gasteiger partial charge in [0, 0.05) is 36.1 Å². The molecule has 4 rings (SSSR count). The van der Waals surface area contributed by atoms with Gasteiger partial charge in [0.25, 0.3) is 0 Å². The highest BCUT2D eigenvalue weighted by molar-refractivity contribution is 5.63. The number of hydrogen-bond donors (Lipinski definition) is 1. The molecule has 0 amide bonds. The third-order valence-electron chi connectivity index (χ3n) is 4.48. The first kappa shape index (κ1) is 17.2. The lowest BCUT2D eigenvalue weighted by molar-refractivity contribution is 0.191. The van der Waals surface area contributed by atoms with Crippen LogP contribution in [0, 0.1) is 0 Å². The molecule has 4 aromatic rings. The summed E-state index contributed by atoms with van der Waals surface area (Å²) in [4.78, 5) is 4.40. The van der Waals surface area contributed by atoms with E-state index in [9.17, 15) is 5.11 Å². The largest absolute Gasteiger partial charge is 0.393 e. The predicted molar refractivity (Wildman–Crippen MR) is 106 cm³/mol. The first-order valence-electron chi connectivity index (χ1n) is 9.08. The smallest absolute Gasteiger partial charge is 0.111 e. The Morgan fingerprint density at radius 1 is 1.00 bits per heavy atom. The summed E-state index contributed by atoms with van der Waals surface area (Å²) in [6.07, 6.45) is 5.91. The van der Waals surface area contributed by atoms with Crippen LogP contribution < -0.4 is 0 Å². The Hall–Kier alpha value is -3.18. The molecule has 27 heavy (non-hydrogen) atoms. The second-order valence-electron chi connectivity index (χ2n) is 6.67. The summed E-state index contributed by atoms with van der Waals surface area (Å²) < 4.78 is 3.99. The van der Waals surface area contributed by atoms with Crippen LogP contribution in [0.4, 0.5) is 0 Å². The zero-order valence-electron chi connectivity index (χ0n) is 15.2. The highest BCUT2D eigenvalue weighted by Gasteiger charge is 2.15. The van der Waals surface area contributed by atoms with Gasteiger partial charge in [0.15, 0.2) is 0 Å². The van der Waals surface area contributed by atoms with Crippen LogP contribution in [0.5, 0.6) is 0 Å². The SMILES string of the molecule is CC(O)Cc1nccn1Cc1cn(-c2ccccc2)nc1-c1ccccc1. The van der Waals surface area contributed by atoms with Gasteiger partial charge in [-0.15, -0.1) is 0 Å². The quantitative estimate of drug-likeness (QED) is 0.572. The molecule has 0 aliphatic rings. The predicted octanol–water partition coefficient (Wildman–Crippen LogP) is 3.71. The van der Waals surface area contributed by atoms with E-state index in [0.29, 0.717) is 13.0 Å². The Morgan fingerprint density at radius 2 is 1.70 bits per heavy atom. The van der Waals surface area contributed by atoms with Crippen molar-refractivity contribution in [3.05, 3.63) is 90.6 Å². The van der Waals surface area contributed by atoms with E-state index < -0.39 is 6.10 Å². The Kier molecular flexibility index (Phi) is 4.85. The van der Waals surface area contributed by atoms with E-state index in [1.165, 1.54) is 0 Å². The third kappa shape index (κ3) is 3.83. The molecular formula is C22H22N4O. The van der Waals surface area contributed by atoms with E-state index in [1.807, 2.05) is 59.4 Å². The maximum absolute atomic E-state index is 9.73. The lowest BCUT2D eigenvalue weighted by Gasteiger charge is -2.09. The van der Waals surface area contributed by atoms with Gasteiger partial charge in [0.2, 0.25) is 0 Å². The normalized spacial score (nSPS) is 12.2. The molecule has 2 heterocycles. The van der Waals surface area contributed by atoms with E-state index in [2.05, 4.69) is 27.9 Å². The van der Waals surface area contributed by atoms with Gasteiger partial charge in [-0.3, -0.25) is 0 Å². The van der Waals surface area contributed by atoms with Gasteiger partial charge in [-0.05, 0) is 19.1 Å². The Balaban J connectivity index is 1.75. The molecule has 0 aliphatic heterocycles. The maximum atomic E-state index is 9.73. The standard InChI is InChI=1S/C22H22N4O/c1-17(27)14-21-23-12-13-25(21)15-19-16-26(20-10-6-3-7-11-20)24-22(19)18-8-4-2-5-9-18/h2-13,16-17,27H,14-15H2,1H3. The van der Waals surface area contributed by atoms with Crippen molar-refractivity contribution in [1.29, 1.82) is 0 Å². The van der Waals surface area contributed by atoms with Crippen LogP contribution >= 0.6 is 0 Å². The van der Waals surface area contributed by atoms with Crippen LogP contribution in [0.3, 0.4) is 0 Å². The average Bonchev–Trinajstić information content (AvgIpc) is 3.30. The third-order valence-corrected chi connectivity index (χ3v) is 4.48. The van der Waals surface area contributed by atoms with E-state index >= 15 is 0 Å². The van der Waals surface area contributed by atoms with Crippen LogP contribution in [0.2, 0.25) is 0 Å². The summed E-state index contributed by atoms with van der Waals surface area (Å²) >= 11 is 0. The first-order chi connectivity index (χ1) is 13.2. The van der Waals surface area contributed by atoms with Crippen molar-refractivity contribution in [1.82, 2.24) is 19.3 Å². The Bertz CT molecular complexity index is 1000. The van der Waals surface area contributed by atoms with Gasteiger partial charge >= 0.3 is 0 Å². The van der Waals surface area contributed by atoms with Crippen LogP contribution in [0.15, 0.2) is 79.3 Å². The van der Waals surface area contributed by atoms with Crippen LogP contribution in [-0.2, 0) is 13.0 Å². The average molecular weight is 358 g/mol. The number of aliphatic hydroxyl groups excluding tert-OH is 1. The molecule has 0 bridgehead atoms. The fourth-order valence-corrected chi connectivity index (χ4v) is 3.20. The summed E-state index contributed by atoms with van der Waals surface area (Å²) in [7, 11) is 0. The monoisotopic (exact) mass is 358 g/mol. The van der Waals surface area contributed by atoms with E-state index in [4.69, 9.17) is 5.10 Å². The number of para-hydroxylation sites is 1. The number of aromatic nitrogens is 4. The van der Waals surface area contributed by atoms with Gasteiger partial charge in [0.05, 0.1) is 24.0 Å². The van der Waals surface area contributed by atoms with Gasteiger partial charge in [-0.2, -0.15) is 5.10 Å². The van der Waals surface area contributed by atoms with Crippen molar-refractivity contribution in [2.24, 2.45) is 0 Å². The van der Waals surface area contributed by atoms with Gasteiger partial charge in [-0.1, -0.05) is 48.5 Å². The summed E-state index contributed by atoms with van der Waals surface area (Å²) in [6, 6.07) is 20.3. The zero-order valence-corrected chi connectivity index (χ0v) is 15.2. The molecule has 0 aliphatic carbocycles. The minimum Gasteiger partial charge on any atom is -0.393 e. The van der Waals surface area contributed by atoms with Crippen molar-refractivity contribution < 1.29 is 5.11 Å². The number of rotatable bonds is 6. The highest BCUT2D eigenvalue weighted by atomic mass is 16.3. The summed E-state index contributed by atoms with van der Waals surface area (Å²) in [5, 5.41) is 14.6. The molecule has 2 aromatic carbocycles. The fraction of sp³-hybridized carbons (Fsp3) is 0.182. The molecule has 0 fully saturated rings. The molecular weight excluding hydrogens is 336 g/mol. The molecule has 5 nitrogen and oxygen atoms in total. The Morgan fingerprint density at radius 3 is 2.41 bits per heavy atom. The van der Waals surface area contributed by atoms with Crippen LogP contribution in [-0.4, -0.2) is 30.5 Å². The number of nitrogens with zero attached hydrogens (tertiary/aromatic N) is 4. The van der Waals surface area contributed by atoms with Gasteiger partial charge in [-0.25, -0.2) is 9.67 Å². The molecule has 0 saturated heterocycles. The van der Waals surface area contributed by atoms with E-state index in [1.54, 1.807) is 13.1 Å². The second-order valence-corrected chi connectivity index (χ2v) is 6.67. The fourth-order valence-electron chi connectivity index (χ4n) is 3.20. The molecule has 1 atom stereocenters. The van der Waals surface area contributed by atoms with E-state index in [-0.39, 0.29) is 0 Å². The lowest BCUT2D eigenvalue weighted by atomic mass is 10.1. The van der Waals surface area contributed by atoms with Crippen molar-refractivity contribution in [2.45, 2.75) is 26.0 Å². The van der Waals surface area contributed by atoms with Gasteiger partial charge in [0.1, 0.15) is 5.82 Å². The molecule has 2 aromatic heterocycles. The lowest BCUT2D eigenvalue weighted by Crippen LogP contribution is -2.12. The molecule has 136 valence electrons. The number of imidazole rings is 1. The number of aliphatic hydroxyl groups is 1. The zero-order chi connectivity index (χ0) is 18.6. The van der Waals surface area contributed by atoms with Crippen molar-refractivity contribution >= 4 is 0 Å². The van der Waals surface area contributed by atoms with Gasteiger partial charge < -0.3 is 9.67 Å². The summed E-state index contributed by atoms with van der Waals surface area (Å²) in [5.41, 5.74) is 4.17. The second kappa shape index (κ2) is 7.60. The van der Waals surface area contributed by atoms with E-state index in [0.717, 1.165) is 28.3 Å². The molecule has 1 unspecified atom stereocenters. The maximum Gasteiger partial charge on any atom is 0.111 e. The van der Waals surface area contributed by atoms with Crippen molar-refractivity contribution in [2.75, 3.05) is 0 Å². The van der Waals surface area contributed by atoms with Crippen LogP contribution in [0.25, 0.3) is 16.9 Å². The van der Waals surface area contributed by atoms with Crippen LogP contribution in [0.1, 0.15) is 18.3 Å². The molecule has 0 radical (unpaired) electrons. The topological polar surface area (TPSA) is 55.9 Å². The molecule has 0 saturated carbocycles. The minimum absolute atomic E-state index is 0.424.